The summed E-state index contributed by atoms with van der Waals surface area (Å²) in [6.07, 6.45) is 8.46. The van der Waals surface area contributed by atoms with E-state index in [2.05, 4.69) is 19.2 Å². The first-order valence-corrected chi connectivity index (χ1v) is 4.91. The summed E-state index contributed by atoms with van der Waals surface area (Å²) in [5, 5.41) is 0. The zero-order chi connectivity index (χ0) is 10.6. The molecule has 1 aliphatic rings. The Kier molecular flexibility index (Phi) is 3.69. The highest BCUT2D eigenvalue weighted by Crippen LogP contribution is 2.18. The minimum absolute atomic E-state index is 0.00369. The molecule has 0 bridgehead atoms. The molecule has 1 heterocycles. The van der Waals surface area contributed by atoms with E-state index in [1.54, 1.807) is 6.08 Å². The average Bonchev–Trinajstić information content (AvgIpc) is 2.18. The first kappa shape index (κ1) is 10.8. The van der Waals surface area contributed by atoms with E-state index < -0.39 is 0 Å². The van der Waals surface area contributed by atoms with Gasteiger partial charge in [-0.3, -0.25) is 4.79 Å². The third-order valence-electron chi connectivity index (χ3n) is 2.43. The van der Waals surface area contributed by atoms with E-state index in [0.717, 1.165) is 6.42 Å². The molecule has 1 rings (SSSR count). The van der Waals surface area contributed by atoms with Gasteiger partial charge < -0.3 is 4.90 Å². The topological polar surface area (TPSA) is 20.3 Å². The lowest BCUT2D eigenvalue weighted by molar-refractivity contribution is -0.135. The molecule has 0 saturated carbocycles. The van der Waals surface area contributed by atoms with Gasteiger partial charge in [0.05, 0.1) is 12.0 Å². The van der Waals surface area contributed by atoms with E-state index in [1.165, 1.54) is 0 Å². The lowest BCUT2D eigenvalue weighted by Gasteiger charge is -2.33. The molecule has 0 radical (unpaired) electrons. The molecule has 1 aliphatic heterocycles. The highest BCUT2D eigenvalue weighted by atomic mass is 16.2. The molecule has 0 aromatic heterocycles. The fourth-order valence-electron chi connectivity index (χ4n) is 1.65. The molecule has 2 nitrogen and oxygen atoms in total. The molecule has 1 amide bonds. The van der Waals surface area contributed by atoms with E-state index in [-0.39, 0.29) is 17.9 Å². The smallest absolute Gasteiger partial charge is 0.229 e. The van der Waals surface area contributed by atoms with Crippen LogP contribution in [0.15, 0.2) is 37.5 Å². The Morgan fingerprint density at radius 1 is 1.43 bits per heavy atom. The summed E-state index contributed by atoms with van der Waals surface area (Å²) in [5.41, 5.74) is 0. The minimum Gasteiger partial charge on any atom is -0.332 e. The number of carbonyl (C=O) groups is 1. The van der Waals surface area contributed by atoms with Gasteiger partial charge in [-0.15, -0.1) is 13.2 Å². The largest absolute Gasteiger partial charge is 0.332 e. The molecule has 76 valence electrons. The number of carbonyl (C=O) groups excluding carboxylic acids is 1. The normalized spacial score (nSPS) is 26.4. The Morgan fingerprint density at radius 3 is 2.71 bits per heavy atom. The molecular formula is C12H17NO. The SMILES string of the molecule is C=CC[C@@H]1C=C[C@H](C)C(=O)N1CC=C. The second-order valence-corrected chi connectivity index (χ2v) is 3.54. The van der Waals surface area contributed by atoms with Gasteiger partial charge in [-0.25, -0.2) is 0 Å². The van der Waals surface area contributed by atoms with Crippen molar-refractivity contribution in [3.05, 3.63) is 37.5 Å². The molecule has 0 N–H and O–H groups in total. The van der Waals surface area contributed by atoms with Crippen LogP contribution in [-0.2, 0) is 4.79 Å². The van der Waals surface area contributed by atoms with Crippen molar-refractivity contribution in [1.82, 2.24) is 4.90 Å². The summed E-state index contributed by atoms with van der Waals surface area (Å²) < 4.78 is 0. The molecule has 0 aliphatic carbocycles. The fraction of sp³-hybridized carbons (Fsp3) is 0.417. The van der Waals surface area contributed by atoms with Crippen LogP contribution in [0.2, 0.25) is 0 Å². The van der Waals surface area contributed by atoms with Gasteiger partial charge in [0, 0.05) is 6.54 Å². The third kappa shape index (κ3) is 2.13. The monoisotopic (exact) mass is 191 g/mol. The van der Waals surface area contributed by atoms with E-state index in [0.29, 0.717) is 6.54 Å². The van der Waals surface area contributed by atoms with E-state index in [1.807, 2.05) is 24.0 Å². The van der Waals surface area contributed by atoms with Gasteiger partial charge in [0.2, 0.25) is 5.91 Å². The fourth-order valence-corrected chi connectivity index (χ4v) is 1.65. The Hall–Kier alpha value is -1.31. The van der Waals surface area contributed by atoms with Gasteiger partial charge in [-0.05, 0) is 6.42 Å². The quantitative estimate of drug-likeness (QED) is 0.623. The highest BCUT2D eigenvalue weighted by Gasteiger charge is 2.26. The summed E-state index contributed by atoms with van der Waals surface area (Å²) in [6.45, 7) is 9.89. The average molecular weight is 191 g/mol. The van der Waals surface area contributed by atoms with Crippen molar-refractivity contribution in [1.29, 1.82) is 0 Å². The number of hydrogen-bond donors (Lipinski definition) is 0. The minimum atomic E-state index is -0.00369. The zero-order valence-electron chi connectivity index (χ0n) is 8.65. The molecule has 0 unspecified atom stereocenters. The summed E-state index contributed by atoms with van der Waals surface area (Å²) in [5.74, 6) is 0.176. The van der Waals surface area contributed by atoms with Crippen LogP contribution in [-0.4, -0.2) is 23.4 Å². The molecule has 14 heavy (non-hydrogen) atoms. The van der Waals surface area contributed by atoms with Crippen LogP contribution in [0, 0.1) is 5.92 Å². The van der Waals surface area contributed by atoms with Crippen LogP contribution in [0.5, 0.6) is 0 Å². The molecule has 0 saturated heterocycles. The molecule has 0 spiro atoms. The Labute approximate surface area is 85.6 Å². The van der Waals surface area contributed by atoms with E-state index in [9.17, 15) is 4.79 Å². The van der Waals surface area contributed by atoms with Crippen molar-refractivity contribution in [3.63, 3.8) is 0 Å². The molecule has 0 aromatic carbocycles. The second kappa shape index (κ2) is 4.80. The maximum absolute atomic E-state index is 11.8. The van der Waals surface area contributed by atoms with Gasteiger partial charge in [0.1, 0.15) is 0 Å². The molecule has 2 atom stereocenters. The van der Waals surface area contributed by atoms with Crippen LogP contribution in [0.1, 0.15) is 13.3 Å². The molecule has 0 fully saturated rings. The third-order valence-corrected chi connectivity index (χ3v) is 2.43. The van der Waals surface area contributed by atoms with Crippen molar-refractivity contribution >= 4 is 5.91 Å². The predicted molar refractivity (Wildman–Crippen MR) is 58.8 cm³/mol. The van der Waals surface area contributed by atoms with Crippen LogP contribution in [0.3, 0.4) is 0 Å². The van der Waals surface area contributed by atoms with Gasteiger partial charge in [0.15, 0.2) is 0 Å². The van der Waals surface area contributed by atoms with E-state index >= 15 is 0 Å². The van der Waals surface area contributed by atoms with Crippen molar-refractivity contribution in [2.45, 2.75) is 19.4 Å². The van der Waals surface area contributed by atoms with Crippen molar-refractivity contribution in [2.75, 3.05) is 6.54 Å². The van der Waals surface area contributed by atoms with Crippen molar-refractivity contribution in [2.24, 2.45) is 5.92 Å². The molecular weight excluding hydrogens is 174 g/mol. The standard InChI is InChI=1S/C12H17NO/c1-4-6-11-8-7-10(3)12(14)13(11)9-5-2/h4-5,7-8,10-11H,1-2,6,9H2,3H3/t10-,11+/m0/s1. The Bertz CT molecular complexity index is 267. The predicted octanol–water partition coefficient (Wildman–Crippen LogP) is 2.15. The van der Waals surface area contributed by atoms with Gasteiger partial charge in [-0.1, -0.05) is 31.2 Å². The number of nitrogens with zero attached hydrogens (tertiary/aromatic N) is 1. The maximum Gasteiger partial charge on any atom is 0.229 e. The Balaban J connectivity index is 2.81. The number of amides is 1. The Morgan fingerprint density at radius 2 is 2.14 bits per heavy atom. The van der Waals surface area contributed by atoms with Gasteiger partial charge >= 0.3 is 0 Å². The maximum atomic E-state index is 11.8. The van der Waals surface area contributed by atoms with Crippen LogP contribution < -0.4 is 0 Å². The van der Waals surface area contributed by atoms with Gasteiger partial charge in [-0.2, -0.15) is 0 Å². The number of hydrogen-bond acceptors (Lipinski definition) is 1. The summed E-state index contributed by atoms with van der Waals surface area (Å²) in [6, 6.07) is 0.161. The summed E-state index contributed by atoms with van der Waals surface area (Å²) in [7, 11) is 0. The van der Waals surface area contributed by atoms with Crippen LogP contribution in [0.4, 0.5) is 0 Å². The second-order valence-electron chi connectivity index (χ2n) is 3.54. The first-order chi connectivity index (χ1) is 6.70. The number of rotatable bonds is 4. The van der Waals surface area contributed by atoms with Crippen LogP contribution >= 0.6 is 0 Å². The molecule has 2 heteroatoms. The lowest BCUT2D eigenvalue weighted by Crippen LogP contribution is -2.44. The summed E-state index contributed by atoms with van der Waals surface area (Å²) in [4.78, 5) is 13.6. The van der Waals surface area contributed by atoms with Gasteiger partial charge in [0.25, 0.3) is 0 Å². The van der Waals surface area contributed by atoms with E-state index in [4.69, 9.17) is 0 Å². The van der Waals surface area contributed by atoms with Crippen molar-refractivity contribution in [3.8, 4) is 0 Å². The lowest BCUT2D eigenvalue weighted by atomic mass is 9.99. The summed E-state index contributed by atoms with van der Waals surface area (Å²) >= 11 is 0. The molecule has 0 aromatic rings. The first-order valence-electron chi connectivity index (χ1n) is 4.91. The van der Waals surface area contributed by atoms with Crippen LogP contribution in [0.25, 0.3) is 0 Å². The zero-order valence-corrected chi connectivity index (χ0v) is 8.65. The van der Waals surface area contributed by atoms with Crippen molar-refractivity contribution < 1.29 is 4.79 Å². The highest BCUT2D eigenvalue weighted by molar-refractivity contribution is 5.82.